The van der Waals surface area contributed by atoms with E-state index in [2.05, 4.69) is 20.6 Å². The molecule has 22 heteroatoms. The molecule has 75 heavy (non-hydrogen) atoms. The lowest BCUT2D eigenvalue weighted by Crippen LogP contribution is -2.14. The highest BCUT2D eigenvalue weighted by Crippen LogP contribution is 2.42. The van der Waals surface area contributed by atoms with Crippen LogP contribution >= 0.6 is 12.4 Å². The quantitative estimate of drug-likeness (QED) is 0.0662. The van der Waals surface area contributed by atoms with Gasteiger partial charge in [-0.25, -0.2) is 16.8 Å². The van der Waals surface area contributed by atoms with Gasteiger partial charge in [0.15, 0.2) is 23.0 Å². The van der Waals surface area contributed by atoms with Gasteiger partial charge in [0.2, 0.25) is 25.4 Å². The topological polar surface area (TPSA) is 269 Å². The number of rotatable bonds is 17. The molecular weight excluding hydrogens is 1030 g/mol. The summed E-state index contributed by atoms with van der Waals surface area (Å²) in [6, 6.07) is 27.3. The predicted octanol–water partition coefficient (Wildman–Crippen LogP) is 8.92. The Morgan fingerprint density at radius 2 is 0.867 bits per heavy atom. The molecule has 19 nitrogen and oxygen atoms in total. The van der Waals surface area contributed by atoms with E-state index < -0.39 is 31.5 Å². The van der Waals surface area contributed by atoms with Gasteiger partial charge in [-0.05, 0) is 85.6 Å². The zero-order valence-corrected chi connectivity index (χ0v) is 44.5. The first-order valence-corrected chi connectivity index (χ1v) is 25.1. The highest BCUT2D eigenvalue weighted by molar-refractivity contribution is 7.91. The minimum atomic E-state index is -4.08. The number of hydrogen-bond acceptors (Lipinski definition) is 17. The summed E-state index contributed by atoms with van der Waals surface area (Å²) in [5.74, 6) is 1.12. The number of halogens is 1. The van der Waals surface area contributed by atoms with Crippen molar-refractivity contribution in [2.45, 2.75) is 33.4 Å². The van der Waals surface area contributed by atoms with E-state index in [1.165, 1.54) is 96.5 Å². The fourth-order valence-electron chi connectivity index (χ4n) is 8.01. The number of aryl methyl sites for hydroxylation is 2. The lowest BCUT2D eigenvalue weighted by atomic mass is 10.1. The van der Waals surface area contributed by atoms with Gasteiger partial charge in [0.25, 0.3) is 11.8 Å². The van der Waals surface area contributed by atoms with Gasteiger partial charge in [0, 0.05) is 64.9 Å². The normalized spacial score (nSPS) is 11.1. The SMILES string of the molecule is COc1cccc(Nc2c(C(N)=O)cnc3c(C)cc(S(=O)(=O)c4cc(OC)c(OC)c(OC)c4)cc23)c1.COc1cccc(Nc2c(C(N)=O)cnc3c(C)cc(S(=O)(=O)c4ccc(OC)c(OC)c4)cc23)c1.Cl. The number of amides is 2. The van der Waals surface area contributed by atoms with Crippen LogP contribution in [0.3, 0.4) is 0 Å². The minimum absolute atomic E-state index is 0. The Balaban J connectivity index is 0.000000241. The Bertz CT molecular complexity index is 3700. The van der Waals surface area contributed by atoms with E-state index in [9.17, 15) is 26.4 Å². The first-order chi connectivity index (χ1) is 35.3. The molecule has 8 rings (SSSR count). The van der Waals surface area contributed by atoms with Gasteiger partial charge in [-0.1, -0.05) is 12.1 Å². The van der Waals surface area contributed by atoms with Crippen molar-refractivity contribution in [1.29, 1.82) is 0 Å². The summed E-state index contributed by atoms with van der Waals surface area (Å²) in [5.41, 5.74) is 15.6. The fraction of sp³-hybridized carbons (Fsp3) is 0.170. The maximum absolute atomic E-state index is 13.8. The van der Waals surface area contributed by atoms with Crippen molar-refractivity contribution < 1.29 is 59.6 Å². The molecule has 0 fully saturated rings. The van der Waals surface area contributed by atoms with Crippen molar-refractivity contribution in [3.05, 3.63) is 138 Å². The summed E-state index contributed by atoms with van der Waals surface area (Å²) >= 11 is 0. The summed E-state index contributed by atoms with van der Waals surface area (Å²) in [5, 5.41) is 7.22. The third-order valence-electron chi connectivity index (χ3n) is 11.7. The third kappa shape index (κ3) is 11.3. The monoisotopic (exact) mass is 1080 g/mol. The minimum Gasteiger partial charge on any atom is -0.497 e. The van der Waals surface area contributed by atoms with Crippen molar-refractivity contribution in [3.8, 4) is 40.2 Å². The number of anilines is 4. The van der Waals surface area contributed by atoms with Crippen LogP contribution in [0.2, 0.25) is 0 Å². The number of benzene rings is 6. The van der Waals surface area contributed by atoms with E-state index >= 15 is 0 Å². The van der Waals surface area contributed by atoms with E-state index in [0.717, 1.165) is 0 Å². The summed E-state index contributed by atoms with van der Waals surface area (Å²) in [6.45, 7) is 3.49. The molecule has 6 aromatic carbocycles. The van der Waals surface area contributed by atoms with Gasteiger partial charge in [-0.2, -0.15) is 0 Å². The number of carbonyl (C=O) groups excluding carboxylic acids is 2. The van der Waals surface area contributed by atoms with Crippen molar-refractivity contribution in [2.75, 3.05) is 60.4 Å². The molecule has 0 aliphatic heterocycles. The first kappa shape index (κ1) is 55.8. The average molecular weight is 1080 g/mol. The molecule has 8 aromatic rings. The number of aromatic nitrogens is 2. The van der Waals surface area contributed by atoms with Crippen LogP contribution in [0.4, 0.5) is 22.7 Å². The molecule has 2 heterocycles. The lowest BCUT2D eigenvalue weighted by molar-refractivity contribution is 0.0992. The van der Waals surface area contributed by atoms with E-state index in [1.807, 2.05) is 0 Å². The smallest absolute Gasteiger partial charge is 0.252 e. The van der Waals surface area contributed by atoms with Crippen LogP contribution in [0.5, 0.6) is 40.2 Å². The number of sulfone groups is 2. The molecule has 0 saturated carbocycles. The Kier molecular flexibility index (Phi) is 17.2. The number of pyridine rings is 2. The van der Waals surface area contributed by atoms with E-state index in [4.69, 9.17) is 44.6 Å². The number of ether oxygens (including phenoxy) is 7. The van der Waals surface area contributed by atoms with Crippen LogP contribution < -0.4 is 55.3 Å². The molecule has 2 aromatic heterocycles. The zero-order chi connectivity index (χ0) is 53.6. The highest BCUT2D eigenvalue weighted by atomic mass is 35.5. The number of methoxy groups -OCH3 is 7. The van der Waals surface area contributed by atoms with Gasteiger partial charge >= 0.3 is 0 Å². The zero-order valence-electron chi connectivity index (χ0n) is 42.1. The molecule has 0 aliphatic rings. The Morgan fingerprint density at radius 3 is 1.25 bits per heavy atom. The molecule has 6 N–H and O–H groups in total. The number of hydrogen-bond donors (Lipinski definition) is 4. The Labute approximate surface area is 439 Å². The lowest BCUT2D eigenvalue weighted by Gasteiger charge is -2.17. The first-order valence-electron chi connectivity index (χ1n) is 22.1. The number of fused-ring (bicyclic) bond motifs is 2. The predicted molar refractivity (Wildman–Crippen MR) is 286 cm³/mol. The molecule has 0 atom stereocenters. The van der Waals surface area contributed by atoms with Crippen molar-refractivity contribution in [2.24, 2.45) is 11.5 Å². The highest BCUT2D eigenvalue weighted by Gasteiger charge is 2.27. The molecule has 0 spiro atoms. The molecule has 0 saturated heterocycles. The van der Waals surface area contributed by atoms with Gasteiger partial charge < -0.3 is 55.3 Å². The van der Waals surface area contributed by atoms with Gasteiger partial charge in [0.05, 0.1) is 103 Å². The number of nitrogens with zero attached hydrogens (tertiary/aromatic N) is 2. The summed E-state index contributed by atoms with van der Waals surface area (Å²) in [7, 11) is 2.18. The molecule has 392 valence electrons. The van der Waals surface area contributed by atoms with Crippen molar-refractivity contribution in [3.63, 3.8) is 0 Å². The molecule has 0 bridgehead atoms. The number of primary amides is 2. The molecule has 0 aliphatic carbocycles. The maximum atomic E-state index is 13.8. The Hall–Kier alpha value is -8.53. The van der Waals surface area contributed by atoms with E-state index in [-0.39, 0.29) is 66.1 Å². The van der Waals surface area contributed by atoms with Crippen molar-refractivity contribution >= 4 is 88.5 Å². The van der Waals surface area contributed by atoms with E-state index in [0.29, 0.717) is 72.9 Å². The van der Waals surface area contributed by atoms with Crippen LogP contribution in [-0.4, -0.2) is 88.4 Å². The second-order valence-corrected chi connectivity index (χ2v) is 20.1. The van der Waals surface area contributed by atoms with Crippen LogP contribution in [0.15, 0.2) is 135 Å². The molecule has 0 unspecified atom stereocenters. The summed E-state index contributed by atoms with van der Waals surface area (Å²) in [6.07, 6.45) is 2.75. The summed E-state index contributed by atoms with van der Waals surface area (Å²) in [4.78, 5) is 33.4. The largest absolute Gasteiger partial charge is 0.497 e. The maximum Gasteiger partial charge on any atom is 0.252 e. The number of carbonyl (C=O) groups is 2. The molecule has 2 amide bonds. The van der Waals surface area contributed by atoms with Crippen LogP contribution in [0.25, 0.3) is 21.8 Å². The molecule has 0 radical (unpaired) electrons. The van der Waals surface area contributed by atoms with Gasteiger partial charge in [0.1, 0.15) is 11.5 Å². The summed E-state index contributed by atoms with van der Waals surface area (Å²) < 4.78 is 92.0. The Morgan fingerprint density at radius 1 is 0.467 bits per heavy atom. The average Bonchev–Trinajstić information content (AvgIpc) is 3.40. The molecular formula is C53H53ClN6O13S2. The fourth-order valence-corrected chi connectivity index (χ4v) is 10.8. The second kappa shape index (κ2) is 23.1. The van der Waals surface area contributed by atoms with Crippen LogP contribution in [0, 0.1) is 13.8 Å². The third-order valence-corrected chi connectivity index (χ3v) is 15.2. The van der Waals surface area contributed by atoms with Crippen molar-refractivity contribution in [1.82, 2.24) is 9.97 Å². The number of nitrogens with two attached hydrogens (primary N) is 2. The van der Waals surface area contributed by atoms with E-state index in [1.54, 1.807) is 82.7 Å². The second-order valence-electron chi connectivity index (χ2n) is 16.2. The van der Waals surface area contributed by atoms with Gasteiger partial charge in [-0.15, -0.1) is 12.4 Å². The standard InChI is InChI=1S/C27H27N3O7S.C26H25N3O6S.ClH/c1-15-9-18(38(32,33)19-12-22(35-3)26(37-5)23(13-19)36-4)11-20-24(15)29-14-21(27(28)31)25(20)30-16-7-6-8-17(10-16)34-2;1-15-10-19(36(31,32)18-8-9-22(34-3)23(13-18)35-4)12-20-24(15)28-14-21(26(27)30)25(20)29-16-6-5-7-17(11-16)33-2;/h6-14H,1-5H3,(H2,28,31)(H,29,30);5-14H,1-4H3,(H2,27,30)(H,28,29);1H. The number of nitrogens with one attached hydrogen (secondary N) is 2. The van der Waals surface area contributed by atoms with Gasteiger partial charge in [-0.3, -0.25) is 19.6 Å². The van der Waals surface area contributed by atoms with Crippen LogP contribution in [-0.2, 0) is 19.7 Å². The van der Waals surface area contributed by atoms with Crippen LogP contribution in [0.1, 0.15) is 31.8 Å².